The van der Waals surface area contributed by atoms with Crippen molar-refractivity contribution in [3.05, 3.63) is 0 Å². The van der Waals surface area contributed by atoms with Gasteiger partial charge in [-0.05, 0) is 32.6 Å². The molecular formula is C21H31N5O3. The Labute approximate surface area is 173 Å². The van der Waals surface area contributed by atoms with Crippen LogP contribution in [0.15, 0.2) is 5.16 Å². The van der Waals surface area contributed by atoms with Crippen LogP contribution in [-0.2, 0) is 14.4 Å². The molecule has 1 aliphatic rings. The molecule has 0 radical (unpaired) electrons. The second-order valence-electron chi connectivity index (χ2n) is 7.73. The van der Waals surface area contributed by atoms with Crippen molar-refractivity contribution in [1.82, 2.24) is 0 Å². The molecule has 1 amide bonds. The first kappa shape index (κ1) is 24.4. The first-order valence-electron chi connectivity index (χ1n) is 10.0. The Morgan fingerprint density at radius 2 is 1.62 bits per heavy atom. The lowest BCUT2D eigenvalue weighted by Crippen LogP contribution is -2.72. The van der Waals surface area contributed by atoms with Crippen LogP contribution in [0.2, 0.25) is 0 Å². The third-order valence-electron chi connectivity index (χ3n) is 6.45. The van der Waals surface area contributed by atoms with Gasteiger partial charge in [0, 0.05) is 0 Å². The van der Waals surface area contributed by atoms with Gasteiger partial charge in [0.15, 0.2) is 10.8 Å². The predicted octanol–water partition coefficient (Wildman–Crippen LogP) is 3.40. The summed E-state index contributed by atoms with van der Waals surface area (Å²) in [7, 11) is 0. The number of amides is 1. The van der Waals surface area contributed by atoms with Crippen molar-refractivity contribution in [2.45, 2.75) is 79.6 Å². The van der Waals surface area contributed by atoms with Crippen LogP contribution in [-0.4, -0.2) is 24.0 Å². The van der Waals surface area contributed by atoms with Crippen molar-refractivity contribution >= 4 is 11.6 Å². The van der Waals surface area contributed by atoms with Gasteiger partial charge < -0.3 is 15.3 Å². The lowest BCUT2D eigenvalue weighted by Gasteiger charge is -2.58. The molecular weight excluding hydrogens is 370 g/mol. The maximum Gasteiger partial charge on any atom is 0.241 e. The number of hydrogen-bond donors (Lipinski definition) is 1. The summed E-state index contributed by atoms with van der Waals surface area (Å²) < 4.78 is 6.25. The van der Waals surface area contributed by atoms with Crippen molar-refractivity contribution in [3.8, 4) is 18.2 Å². The van der Waals surface area contributed by atoms with E-state index < -0.39 is 34.5 Å². The van der Waals surface area contributed by atoms with Crippen LogP contribution in [0.3, 0.4) is 0 Å². The molecule has 1 rings (SSSR count). The van der Waals surface area contributed by atoms with Gasteiger partial charge in [0.1, 0.15) is 0 Å². The van der Waals surface area contributed by atoms with E-state index in [4.69, 9.17) is 15.3 Å². The Balaban J connectivity index is 4.05. The zero-order chi connectivity index (χ0) is 22.5. The Morgan fingerprint density at radius 1 is 1.10 bits per heavy atom. The monoisotopic (exact) mass is 401 g/mol. The minimum absolute atomic E-state index is 0.226. The van der Waals surface area contributed by atoms with Gasteiger partial charge >= 0.3 is 0 Å². The van der Waals surface area contributed by atoms with Crippen LogP contribution in [0.1, 0.15) is 67.2 Å². The van der Waals surface area contributed by atoms with E-state index in [1.807, 2.05) is 32.1 Å². The van der Waals surface area contributed by atoms with Gasteiger partial charge in [-0.1, -0.05) is 45.7 Å². The summed E-state index contributed by atoms with van der Waals surface area (Å²) in [6.07, 6.45) is -0.530. The highest BCUT2D eigenvalue weighted by molar-refractivity contribution is 5.88. The Bertz CT molecular complexity index is 747. The number of primary amides is 1. The number of nitriles is 3. The minimum Gasteiger partial charge on any atom is -0.368 e. The van der Waals surface area contributed by atoms with Gasteiger partial charge in [-0.3, -0.25) is 4.79 Å². The van der Waals surface area contributed by atoms with Crippen LogP contribution in [0.5, 0.6) is 0 Å². The fourth-order valence-electron chi connectivity index (χ4n) is 4.74. The molecule has 0 aromatic heterocycles. The summed E-state index contributed by atoms with van der Waals surface area (Å²) in [4.78, 5) is 18.6. The smallest absolute Gasteiger partial charge is 0.241 e. The molecule has 0 aromatic carbocycles. The van der Waals surface area contributed by atoms with Crippen LogP contribution < -0.4 is 5.73 Å². The summed E-state index contributed by atoms with van der Waals surface area (Å²) in [6, 6.07) is 6.02. The first-order valence-corrected chi connectivity index (χ1v) is 10.0. The van der Waals surface area contributed by atoms with E-state index in [2.05, 4.69) is 5.16 Å². The molecule has 3 unspecified atom stereocenters. The van der Waals surface area contributed by atoms with Gasteiger partial charge in [0.25, 0.3) is 0 Å². The lowest BCUT2D eigenvalue weighted by atomic mass is 9.45. The van der Waals surface area contributed by atoms with Crippen LogP contribution >= 0.6 is 0 Å². The van der Waals surface area contributed by atoms with Gasteiger partial charge in [-0.25, -0.2) is 0 Å². The summed E-state index contributed by atoms with van der Waals surface area (Å²) in [5, 5.41) is 34.8. The highest BCUT2D eigenvalue weighted by Crippen LogP contribution is 2.64. The summed E-state index contributed by atoms with van der Waals surface area (Å²) in [5.41, 5.74) is 0.884. The maximum absolute atomic E-state index is 13.0. The van der Waals surface area contributed by atoms with Crippen molar-refractivity contribution < 1.29 is 14.4 Å². The second kappa shape index (κ2) is 9.25. The number of carbonyl (C=O) groups is 1. The van der Waals surface area contributed by atoms with Gasteiger partial charge in [0.05, 0.1) is 35.4 Å². The van der Waals surface area contributed by atoms with Crippen LogP contribution in [0.4, 0.5) is 0 Å². The predicted molar refractivity (Wildman–Crippen MR) is 107 cm³/mol. The number of carbonyl (C=O) groups excluding carboxylic acids is 1. The molecule has 1 saturated heterocycles. The maximum atomic E-state index is 13.0. The average molecular weight is 402 g/mol. The SMILES string of the molecule is CCC(CC)C1OC(ON=C(C)C)C(CC)(CC)C(C#N)(C(N)=O)C1(C#N)C#N. The number of oxime groups is 1. The largest absolute Gasteiger partial charge is 0.368 e. The fourth-order valence-corrected chi connectivity index (χ4v) is 4.74. The van der Waals surface area contributed by atoms with E-state index in [0.29, 0.717) is 18.6 Å². The number of nitrogens with two attached hydrogens (primary N) is 1. The summed E-state index contributed by atoms with van der Waals surface area (Å²) in [5.74, 6) is -1.28. The molecule has 0 spiro atoms. The van der Waals surface area contributed by atoms with Crippen molar-refractivity contribution in [1.29, 1.82) is 15.8 Å². The lowest BCUT2D eigenvalue weighted by molar-refractivity contribution is -0.321. The third-order valence-corrected chi connectivity index (χ3v) is 6.45. The molecule has 158 valence electrons. The molecule has 3 atom stereocenters. The molecule has 0 aliphatic carbocycles. The van der Waals surface area contributed by atoms with E-state index in [9.17, 15) is 20.6 Å². The molecule has 8 nitrogen and oxygen atoms in total. The number of nitrogens with zero attached hydrogens (tertiary/aromatic N) is 4. The second-order valence-corrected chi connectivity index (χ2v) is 7.73. The van der Waals surface area contributed by atoms with Gasteiger partial charge in [-0.2, -0.15) is 15.8 Å². The third kappa shape index (κ3) is 3.24. The zero-order valence-electron chi connectivity index (χ0n) is 18.2. The van der Waals surface area contributed by atoms with Crippen molar-refractivity contribution in [2.24, 2.45) is 33.1 Å². The zero-order valence-corrected chi connectivity index (χ0v) is 18.2. The number of ether oxygens (including phenoxy) is 1. The average Bonchev–Trinajstić information content (AvgIpc) is 2.71. The molecule has 2 N–H and O–H groups in total. The van der Waals surface area contributed by atoms with E-state index in [1.165, 1.54) is 0 Å². The quantitative estimate of drug-likeness (QED) is 0.487. The fraction of sp³-hybridized carbons (Fsp3) is 0.762. The van der Waals surface area contributed by atoms with Gasteiger partial charge in [-0.15, -0.1) is 0 Å². The molecule has 1 aliphatic heterocycles. The van der Waals surface area contributed by atoms with Gasteiger partial charge in [0.2, 0.25) is 12.2 Å². The molecule has 1 fully saturated rings. The van der Waals surface area contributed by atoms with E-state index in [-0.39, 0.29) is 18.8 Å². The molecule has 29 heavy (non-hydrogen) atoms. The Morgan fingerprint density at radius 3 is 1.93 bits per heavy atom. The molecule has 0 aromatic rings. The first-order chi connectivity index (χ1) is 13.7. The number of hydrogen-bond acceptors (Lipinski definition) is 7. The van der Waals surface area contributed by atoms with Crippen molar-refractivity contribution in [3.63, 3.8) is 0 Å². The topological polar surface area (TPSA) is 145 Å². The van der Waals surface area contributed by atoms with Crippen LogP contribution in [0, 0.1) is 56.2 Å². The van der Waals surface area contributed by atoms with E-state index in [1.54, 1.807) is 27.7 Å². The Hall–Kier alpha value is -2.63. The molecule has 8 heteroatoms. The Kier molecular flexibility index (Phi) is 7.78. The summed E-state index contributed by atoms with van der Waals surface area (Å²) in [6.45, 7) is 10.8. The minimum atomic E-state index is -2.14. The van der Waals surface area contributed by atoms with E-state index in [0.717, 1.165) is 0 Å². The number of rotatable bonds is 8. The normalized spacial score (nSPS) is 27.2. The van der Waals surface area contributed by atoms with Crippen molar-refractivity contribution in [2.75, 3.05) is 0 Å². The van der Waals surface area contributed by atoms with Crippen LogP contribution in [0.25, 0.3) is 0 Å². The molecule has 1 heterocycles. The highest BCUT2D eigenvalue weighted by atomic mass is 16.8. The molecule has 0 bridgehead atoms. The summed E-state index contributed by atoms with van der Waals surface area (Å²) >= 11 is 0. The highest BCUT2D eigenvalue weighted by Gasteiger charge is 2.78. The van der Waals surface area contributed by atoms with E-state index >= 15 is 0 Å². The standard InChI is InChI=1S/C21H31N5O3/c1-7-15(8-2)16-20(11-22,12-23)21(13-24,17(25)27)19(9-3,10-4)18(28-16)29-26-14(5)6/h15-16,18H,7-10H2,1-6H3,(H2,25,27). The molecule has 0 saturated carbocycles.